The minimum atomic E-state index is 0.000970. The SMILES string of the molecule is CCCNC(=O)CCc1nnc(-c2ccc(OC)cc2)o1. The lowest BCUT2D eigenvalue weighted by atomic mass is 10.2. The Kier molecular flexibility index (Phi) is 5.31. The van der Waals surface area contributed by atoms with Crippen molar-refractivity contribution in [3.05, 3.63) is 30.2 Å². The van der Waals surface area contributed by atoms with Crippen LogP contribution in [0.1, 0.15) is 25.7 Å². The first-order chi connectivity index (χ1) is 10.2. The lowest BCUT2D eigenvalue weighted by Crippen LogP contribution is -2.24. The number of nitrogens with zero attached hydrogens (tertiary/aromatic N) is 2. The molecule has 2 aromatic rings. The van der Waals surface area contributed by atoms with Crippen LogP contribution in [0.5, 0.6) is 5.75 Å². The normalized spacial score (nSPS) is 10.4. The average molecular weight is 289 g/mol. The summed E-state index contributed by atoms with van der Waals surface area (Å²) in [5.41, 5.74) is 0.824. The quantitative estimate of drug-likeness (QED) is 0.845. The van der Waals surface area contributed by atoms with Gasteiger partial charge in [-0.25, -0.2) is 0 Å². The van der Waals surface area contributed by atoms with Crippen LogP contribution in [0.15, 0.2) is 28.7 Å². The molecule has 0 aliphatic rings. The summed E-state index contributed by atoms with van der Waals surface area (Å²) in [6, 6.07) is 7.36. The second-order valence-electron chi connectivity index (χ2n) is 4.58. The Morgan fingerprint density at radius 3 is 2.71 bits per heavy atom. The molecule has 6 nitrogen and oxygen atoms in total. The second-order valence-corrected chi connectivity index (χ2v) is 4.58. The summed E-state index contributed by atoms with van der Waals surface area (Å²) in [6.45, 7) is 2.71. The molecule has 0 aliphatic heterocycles. The lowest BCUT2D eigenvalue weighted by Gasteiger charge is -2.01. The van der Waals surface area contributed by atoms with Crippen molar-refractivity contribution in [1.29, 1.82) is 0 Å². The summed E-state index contributed by atoms with van der Waals surface area (Å²) in [7, 11) is 1.61. The molecule has 6 heteroatoms. The number of nitrogens with one attached hydrogen (secondary N) is 1. The number of hydrogen-bond donors (Lipinski definition) is 1. The molecule has 0 saturated heterocycles. The van der Waals surface area contributed by atoms with Crippen LogP contribution in [0.25, 0.3) is 11.5 Å². The zero-order chi connectivity index (χ0) is 15.1. The Balaban J connectivity index is 1.92. The van der Waals surface area contributed by atoms with Crippen molar-refractivity contribution in [2.45, 2.75) is 26.2 Å². The minimum absolute atomic E-state index is 0.000970. The van der Waals surface area contributed by atoms with E-state index in [0.29, 0.717) is 31.2 Å². The number of aryl methyl sites for hydroxylation is 1. The molecule has 0 bridgehead atoms. The monoisotopic (exact) mass is 289 g/mol. The predicted molar refractivity (Wildman–Crippen MR) is 77.9 cm³/mol. The number of rotatable bonds is 7. The molecule has 0 radical (unpaired) electrons. The third-order valence-corrected chi connectivity index (χ3v) is 2.94. The van der Waals surface area contributed by atoms with Crippen LogP contribution in [-0.2, 0) is 11.2 Å². The summed E-state index contributed by atoms with van der Waals surface area (Å²) in [6.07, 6.45) is 1.72. The van der Waals surface area contributed by atoms with E-state index in [4.69, 9.17) is 9.15 Å². The van der Waals surface area contributed by atoms with Crippen molar-refractivity contribution in [3.63, 3.8) is 0 Å². The van der Waals surface area contributed by atoms with E-state index in [1.54, 1.807) is 7.11 Å². The molecule has 1 N–H and O–H groups in total. The summed E-state index contributed by atoms with van der Waals surface area (Å²) in [4.78, 5) is 11.5. The van der Waals surface area contributed by atoms with Crippen LogP contribution in [0.2, 0.25) is 0 Å². The molecular weight excluding hydrogens is 270 g/mol. The van der Waals surface area contributed by atoms with Gasteiger partial charge in [-0.15, -0.1) is 10.2 Å². The molecule has 0 saturated carbocycles. The zero-order valence-corrected chi connectivity index (χ0v) is 12.3. The maximum atomic E-state index is 11.5. The highest BCUT2D eigenvalue weighted by atomic mass is 16.5. The Bertz CT molecular complexity index is 578. The number of benzene rings is 1. The molecule has 0 spiro atoms. The fourth-order valence-corrected chi connectivity index (χ4v) is 1.78. The number of hydrogen-bond acceptors (Lipinski definition) is 5. The third-order valence-electron chi connectivity index (χ3n) is 2.94. The molecule has 0 unspecified atom stereocenters. The maximum Gasteiger partial charge on any atom is 0.247 e. The fraction of sp³-hybridized carbons (Fsp3) is 0.400. The number of methoxy groups -OCH3 is 1. The number of amides is 1. The highest BCUT2D eigenvalue weighted by Gasteiger charge is 2.10. The molecule has 1 aromatic heterocycles. The molecule has 1 amide bonds. The van der Waals surface area contributed by atoms with Crippen LogP contribution < -0.4 is 10.1 Å². The van der Waals surface area contributed by atoms with Gasteiger partial charge in [-0.05, 0) is 30.7 Å². The smallest absolute Gasteiger partial charge is 0.247 e. The molecular formula is C15H19N3O3. The van der Waals surface area contributed by atoms with Crippen molar-refractivity contribution in [1.82, 2.24) is 15.5 Å². The van der Waals surface area contributed by atoms with E-state index in [1.807, 2.05) is 31.2 Å². The minimum Gasteiger partial charge on any atom is -0.497 e. The first-order valence-corrected chi connectivity index (χ1v) is 6.96. The van der Waals surface area contributed by atoms with Crippen LogP contribution in [0, 0.1) is 0 Å². The van der Waals surface area contributed by atoms with E-state index in [2.05, 4.69) is 15.5 Å². The van der Waals surface area contributed by atoms with Crippen LogP contribution in [0.3, 0.4) is 0 Å². The first kappa shape index (κ1) is 15.0. The Morgan fingerprint density at radius 1 is 1.29 bits per heavy atom. The first-order valence-electron chi connectivity index (χ1n) is 6.96. The summed E-state index contributed by atoms with van der Waals surface area (Å²) in [5.74, 6) is 1.68. The fourth-order valence-electron chi connectivity index (χ4n) is 1.78. The number of aromatic nitrogens is 2. The van der Waals surface area contributed by atoms with Crippen molar-refractivity contribution in [2.24, 2.45) is 0 Å². The van der Waals surface area contributed by atoms with Gasteiger partial charge in [0.1, 0.15) is 5.75 Å². The van der Waals surface area contributed by atoms with Gasteiger partial charge in [0.2, 0.25) is 17.7 Å². The van der Waals surface area contributed by atoms with Crippen molar-refractivity contribution in [3.8, 4) is 17.2 Å². The summed E-state index contributed by atoms with van der Waals surface area (Å²) >= 11 is 0. The Labute approximate surface area is 123 Å². The molecule has 112 valence electrons. The van der Waals surface area contributed by atoms with E-state index in [1.165, 1.54) is 0 Å². The van der Waals surface area contributed by atoms with Gasteiger partial charge in [-0.3, -0.25) is 4.79 Å². The lowest BCUT2D eigenvalue weighted by molar-refractivity contribution is -0.121. The largest absolute Gasteiger partial charge is 0.497 e. The van der Waals surface area contributed by atoms with Crippen LogP contribution in [-0.4, -0.2) is 29.8 Å². The van der Waals surface area contributed by atoms with Gasteiger partial charge >= 0.3 is 0 Å². The van der Waals surface area contributed by atoms with E-state index in [9.17, 15) is 4.79 Å². The Hall–Kier alpha value is -2.37. The molecule has 0 fully saturated rings. The van der Waals surface area contributed by atoms with Gasteiger partial charge in [0.15, 0.2) is 0 Å². The van der Waals surface area contributed by atoms with Crippen molar-refractivity contribution < 1.29 is 13.9 Å². The molecule has 1 heterocycles. The Morgan fingerprint density at radius 2 is 2.05 bits per heavy atom. The number of ether oxygens (including phenoxy) is 1. The third kappa shape index (κ3) is 4.30. The van der Waals surface area contributed by atoms with E-state index in [0.717, 1.165) is 17.7 Å². The zero-order valence-electron chi connectivity index (χ0n) is 12.3. The van der Waals surface area contributed by atoms with Gasteiger partial charge in [0.05, 0.1) is 7.11 Å². The van der Waals surface area contributed by atoms with Gasteiger partial charge in [-0.2, -0.15) is 0 Å². The second kappa shape index (κ2) is 7.42. The topological polar surface area (TPSA) is 77.2 Å². The molecule has 0 aliphatic carbocycles. The van der Waals surface area contributed by atoms with Crippen LogP contribution in [0.4, 0.5) is 0 Å². The summed E-state index contributed by atoms with van der Waals surface area (Å²) in [5, 5.41) is 10.8. The van der Waals surface area contributed by atoms with E-state index >= 15 is 0 Å². The number of carbonyl (C=O) groups excluding carboxylic acids is 1. The van der Waals surface area contributed by atoms with E-state index in [-0.39, 0.29) is 5.91 Å². The predicted octanol–water partition coefficient (Wildman–Crippen LogP) is 2.20. The highest BCUT2D eigenvalue weighted by molar-refractivity contribution is 5.75. The van der Waals surface area contributed by atoms with Crippen molar-refractivity contribution >= 4 is 5.91 Å². The highest BCUT2D eigenvalue weighted by Crippen LogP contribution is 2.21. The standard InChI is InChI=1S/C15H19N3O3/c1-3-10-16-13(19)8-9-14-17-18-15(21-14)11-4-6-12(20-2)7-5-11/h4-7H,3,8-10H2,1-2H3,(H,16,19). The number of carbonyl (C=O) groups is 1. The molecule has 0 atom stereocenters. The molecule has 2 rings (SSSR count). The molecule has 21 heavy (non-hydrogen) atoms. The van der Waals surface area contributed by atoms with Gasteiger partial charge in [-0.1, -0.05) is 6.92 Å². The van der Waals surface area contributed by atoms with Crippen LogP contribution >= 0.6 is 0 Å². The van der Waals surface area contributed by atoms with E-state index < -0.39 is 0 Å². The molecule has 1 aromatic carbocycles. The van der Waals surface area contributed by atoms with Crippen molar-refractivity contribution in [2.75, 3.05) is 13.7 Å². The van der Waals surface area contributed by atoms with Gasteiger partial charge in [0.25, 0.3) is 0 Å². The average Bonchev–Trinajstić information content (AvgIpc) is 3.00. The van der Waals surface area contributed by atoms with Gasteiger partial charge < -0.3 is 14.5 Å². The maximum absolute atomic E-state index is 11.5. The summed E-state index contributed by atoms with van der Waals surface area (Å²) < 4.78 is 10.7. The van der Waals surface area contributed by atoms with Gasteiger partial charge in [0, 0.05) is 24.9 Å².